The van der Waals surface area contributed by atoms with E-state index >= 15 is 0 Å². The summed E-state index contributed by atoms with van der Waals surface area (Å²) in [6.45, 7) is 6.07. The van der Waals surface area contributed by atoms with Crippen LogP contribution in [-0.2, 0) is 11.2 Å². The quantitative estimate of drug-likeness (QED) is 0.307. The molecule has 0 aliphatic rings. The first kappa shape index (κ1) is 24.4. The normalized spacial score (nSPS) is 11.2. The number of hydrogen-bond acceptors (Lipinski definition) is 5. The number of benzene rings is 2. The highest BCUT2D eigenvalue weighted by Crippen LogP contribution is 2.28. The van der Waals surface area contributed by atoms with Crippen molar-refractivity contribution in [3.8, 4) is 17.7 Å². The van der Waals surface area contributed by atoms with Gasteiger partial charge in [-0.2, -0.15) is 10.2 Å². The molecule has 0 radical (unpaired) electrons. The lowest BCUT2D eigenvalue weighted by atomic mass is 10.1. The number of nitrogens with one attached hydrogen (secondary N) is 1. The molecular weight excluding hydrogens is 452 g/mol. The molecule has 1 amide bonds. The van der Waals surface area contributed by atoms with Crippen LogP contribution in [0, 0.1) is 32.1 Å². The van der Waals surface area contributed by atoms with Crippen LogP contribution in [0.5, 0.6) is 11.6 Å². The number of amides is 1. The largest absolute Gasteiger partial charge is 0.438 e. The maximum absolute atomic E-state index is 13.5. The molecular formula is C29H26N4O3. The molecule has 0 aliphatic heterocycles. The second-order valence-corrected chi connectivity index (χ2v) is 8.48. The maximum Gasteiger partial charge on any atom is 0.269 e. The Balaban J connectivity index is 1.73. The van der Waals surface area contributed by atoms with Crippen LogP contribution < -0.4 is 15.6 Å². The molecule has 0 unspecified atom stereocenters. The van der Waals surface area contributed by atoms with E-state index in [1.807, 2.05) is 75.4 Å². The fraction of sp³-hybridized carbons (Fsp3) is 0.172. The van der Waals surface area contributed by atoms with Gasteiger partial charge in [0.1, 0.15) is 28.6 Å². The van der Waals surface area contributed by atoms with Crippen molar-refractivity contribution < 1.29 is 9.53 Å². The lowest BCUT2D eigenvalue weighted by molar-refractivity contribution is -0.117. The SMILES string of the molecule is Cc1cccc(Oc2nc3c(C)cccn3c(=O)c2C=C(C#N)C(=O)NCCc2ccccc2)c1C. The van der Waals surface area contributed by atoms with Crippen molar-refractivity contribution in [1.29, 1.82) is 5.26 Å². The minimum Gasteiger partial charge on any atom is -0.438 e. The van der Waals surface area contributed by atoms with Gasteiger partial charge in [-0.15, -0.1) is 0 Å². The van der Waals surface area contributed by atoms with E-state index in [4.69, 9.17) is 4.74 Å². The molecule has 0 spiro atoms. The van der Waals surface area contributed by atoms with Crippen molar-refractivity contribution in [1.82, 2.24) is 14.7 Å². The first-order valence-electron chi connectivity index (χ1n) is 11.6. The summed E-state index contributed by atoms with van der Waals surface area (Å²) in [5, 5.41) is 12.5. The lowest BCUT2D eigenvalue weighted by Gasteiger charge is -2.14. The highest BCUT2D eigenvalue weighted by molar-refractivity contribution is 6.01. The third-order valence-electron chi connectivity index (χ3n) is 6.01. The number of pyridine rings is 1. The Morgan fingerprint density at radius 2 is 1.81 bits per heavy atom. The summed E-state index contributed by atoms with van der Waals surface area (Å²) < 4.78 is 7.51. The van der Waals surface area contributed by atoms with Crippen molar-refractivity contribution in [2.24, 2.45) is 0 Å². The summed E-state index contributed by atoms with van der Waals surface area (Å²) in [6.07, 6.45) is 3.47. The smallest absolute Gasteiger partial charge is 0.269 e. The molecule has 2 aromatic carbocycles. The van der Waals surface area contributed by atoms with Crippen LogP contribution in [-0.4, -0.2) is 21.8 Å². The molecule has 0 saturated carbocycles. The Morgan fingerprint density at radius 1 is 1.06 bits per heavy atom. The van der Waals surface area contributed by atoms with Crippen LogP contribution in [0.3, 0.4) is 0 Å². The monoisotopic (exact) mass is 478 g/mol. The van der Waals surface area contributed by atoms with E-state index in [0.717, 1.165) is 22.3 Å². The summed E-state index contributed by atoms with van der Waals surface area (Å²) >= 11 is 0. The van der Waals surface area contributed by atoms with Gasteiger partial charge in [-0.25, -0.2) is 0 Å². The van der Waals surface area contributed by atoms with Gasteiger partial charge >= 0.3 is 0 Å². The number of carbonyl (C=O) groups excluding carboxylic acids is 1. The third-order valence-corrected chi connectivity index (χ3v) is 6.01. The second kappa shape index (κ2) is 10.7. The van der Waals surface area contributed by atoms with Crippen molar-refractivity contribution in [2.45, 2.75) is 27.2 Å². The molecule has 0 saturated heterocycles. The van der Waals surface area contributed by atoms with Gasteiger partial charge in [0.05, 0.1) is 0 Å². The standard InChI is InChI=1S/C29H26N4O3/c1-19-9-7-13-25(21(19)3)36-28-24(29(35)33-16-8-10-20(2)26(33)32-28)17-23(18-30)27(34)31-15-14-22-11-5-4-6-12-22/h4-13,16-17H,14-15H2,1-3H3,(H,31,34). The fourth-order valence-corrected chi connectivity index (χ4v) is 3.79. The molecule has 7 heteroatoms. The van der Waals surface area contributed by atoms with Gasteiger partial charge in [-0.1, -0.05) is 48.5 Å². The van der Waals surface area contributed by atoms with Gasteiger partial charge < -0.3 is 10.1 Å². The third kappa shape index (κ3) is 5.18. The van der Waals surface area contributed by atoms with Gasteiger partial charge in [0.15, 0.2) is 0 Å². The average Bonchev–Trinajstić information content (AvgIpc) is 2.88. The Labute approximate surface area is 209 Å². The number of fused-ring (bicyclic) bond motifs is 1. The average molecular weight is 479 g/mol. The molecule has 180 valence electrons. The van der Waals surface area contributed by atoms with E-state index in [-0.39, 0.29) is 17.0 Å². The zero-order valence-corrected chi connectivity index (χ0v) is 20.4. The number of rotatable bonds is 7. The summed E-state index contributed by atoms with van der Waals surface area (Å²) in [4.78, 5) is 30.9. The first-order chi connectivity index (χ1) is 17.4. The van der Waals surface area contributed by atoms with Crippen molar-refractivity contribution >= 4 is 17.6 Å². The zero-order chi connectivity index (χ0) is 25.7. The van der Waals surface area contributed by atoms with E-state index in [2.05, 4.69) is 10.3 Å². The number of carbonyl (C=O) groups is 1. The fourth-order valence-electron chi connectivity index (χ4n) is 3.79. The van der Waals surface area contributed by atoms with E-state index < -0.39 is 11.5 Å². The van der Waals surface area contributed by atoms with Gasteiger partial charge in [0, 0.05) is 12.7 Å². The molecule has 0 bridgehead atoms. The molecule has 0 atom stereocenters. The van der Waals surface area contributed by atoms with Gasteiger partial charge in [-0.05, 0) is 67.7 Å². The zero-order valence-electron chi connectivity index (χ0n) is 20.4. The predicted molar refractivity (Wildman–Crippen MR) is 139 cm³/mol. The predicted octanol–water partition coefficient (Wildman–Crippen LogP) is 4.68. The number of nitriles is 1. The van der Waals surface area contributed by atoms with Gasteiger partial charge in [0.2, 0.25) is 5.88 Å². The summed E-state index contributed by atoms with van der Waals surface area (Å²) in [5.41, 5.74) is 3.59. The molecule has 36 heavy (non-hydrogen) atoms. The van der Waals surface area contributed by atoms with Crippen LogP contribution >= 0.6 is 0 Å². The Hall–Kier alpha value is -4.70. The number of ether oxygens (including phenoxy) is 1. The maximum atomic E-state index is 13.5. The van der Waals surface area contributed by atoms with Gasteiger partial charge in [-0.3, -0.25) is 14.0 Å². The summed E-state index contributed by atoms with van der Waals surface area (Å²) in [7, 11) is 0. The number of aryl methyl sites for hydroxylation is 2. The minimum absolute atomic E-state index is 0.0220. The van der Waals surface area contributed by atoms with Crippen molar-refractivity contribution in [3.05, 3.63) is 111 Å². The van der Waals surface area contributed by atoms with Crippen LogP contribution in [0.2, 0.25) is 0 Å². The van der Waals surface area contributed by atoms with E-state index in [1.54, 1.807) is 18.3 Å². The number of nitrogens with zero attached hydrogens (tertiary/aromatic N) is 3. The molecule has 1 N–H and O–H groups in total. The van der Waals surface area contributed by atoms with Crippen molar-refractivity contribution in [3.63, 3.8) is 0 Å². The molecule has 4 aromatic rings. The second-order valence-electron chi connectivity index (χ2n) is 8.48. The summed E-state index contributed by atoms with van der Waals surface area (Å²) in [6, 6.07) is 20.8. The Bertz CT molecular complexity index is 1560. The molecule has 0 aliphatic carbocycles. The highest BCUT2D eigenvalue weighted by Gasteiger charge is 2.18. The van der Waals surface area contributed by atoms with E-state index in [9.17, 15) is 14.9 Å². The minimum atomic E-state index is -0.570. The molecule has 0 fully saturated rings. The Kier molecular flexibility index (Phi) is 7.26. The van der Waals surface area contributed by atoms with Crippen LogP contribution in [0.1, 0.15) is 27.8 Å². The highest BCUT2D eigenvalue weighted by atomic mass is 16.5. The van der Waals surface area contributed by atoms with Gasteiger partial charge in [0.25, 0.3) is 11.5 Å². The van der Waals surface area contributed by atoms with E-state index in [0.29, 0.717) is 24.4 Å². The molecule has 4 rings (SSSR count). The van der Waals surface area contributed by atoms with Crippen LogP contribution in [0.25, 0.3) is 11.7 Å². The number of hydrogen-bond donors (Lipinski definition) is 1. The lowest BCUT2D eigenvalue weighted by Crippen LogP contribution is -2.27. The van der Waals surface area contributed by atoms with Crippen LogP contribution in [0.4, 0.5) is 0 Å². The van der Waals surface area contributed by atoms with Crippen LogP contribution in [0.15, 0.2) is 77.2 Å². The molecule has 7 nitrogen and oxygen atoms in total. The van der Waals surface area contributed by atoms with E-state index in [1.165, 1.54) is 10.5 Å². The molecule has 2 aromatic heterocycles. The first-order valence-corrected chi connectivity index (χ1v) is 11.6. The molecule has 2 heterocycles. The Morgan fingerprint density at radius 3 is 2.56 bits per heavy atom. The summed E-state index contributed by atoms with van der Waals surface area (Å²) in [5.74, 6) is 0.00740. The topological polar surface area (TPSA) is 96.5 Å². The number of aromatic nitrogens is 2. The van der Waals surface area contributed by atoms with Crippen molar-refractivity contribution in [2.75, 3.05) is 6.54 Å².